The van der Waals surface area contributed by atoms with E-state index in [-0.39, 0.29) is 12.5 Å². The Bertz CT molecular complexity index is 905. The van der Waals surface area contributed by atoms with Crippen LogP contribution in [0.5, 0.6) is 0 Å². The van der Waals surface area contributed by atoms with E-state index in [4.69, 9.17) is 0 Å². The fourth-order valence-electron chi connectivity index (χ4n) is 3.28. The Labute approximate surface area is 169 Å². The van der Waals surface area contributed by atoms with E-state index in [0.717, 1.165) is 4.90 Å². The summed E-state index contributed by atoms with van der Waals surface area (Å²) in [6.45, 7) is 3.55. The van der Waals surface area contributed by atoms with Crippen LogP contribution in [0.4, 0.5) is 5.69 Å². The number of anilines is 1. The monoisotopic (exact) mass is 393 g/mol. The zero-order chi connectivity index (χ0) is 21.0. The zero-order valence-corrected chi connectivity index (χ0v) is 16.3. The number of nitrogens with zero attached hydrogens (tertiary/aromatic N) is 1. The first-order valence-electron chi connectivity index (χ1n) is 9.48. The molecule has 7 nitrogen and oxygen atoms in total. The first-order valence-corrected chi connectivity index (χ1v) is 9.48. The van der Waals surface area contributed by atoms with Crippen molar-refractivity contribution in [3.8, 4) is 0 Å². The molecule has 0 saturated heterocycles. The van der Waals surface area contributed by atoms with Crippen molar-refractivity contribution in [1.82, 2.24) is 10.2 Å². The van der Waals surface area contributed by atoms with Crippen LogP contribution in [-0.4, -0.2) is 41.1 Å². The fraction of sp³-hybridized carbons (Fsp3) is 0.273. The molecule has 0 aromatic heterocycles. The molecule has 1 unspecified atom stereocenters. The highest BCUT2D eigenvalue weighted by molar-refractivity contribution is 6.22. The van der Waals surface area contributed by atoms with Gasteiger partial charge in [0.1, 0.15) is 6.04 Å². The largest absolute Gasteiger partial charge is 0.345 e. The number of fused-ring (bicyclic) bond motifs is 1. The number of hydrogen-bond donors (Lipinski definition) is 2. The molecule has 0 radical (unpaired) electrons. The highest BCUT2D eigenvalue weighted by atomic mass is 16.2. The highest BCUT2D eigenvalue weighted by Crippen LogP contribution is 2.27. The lowest BCUT2D eigenvalue weighted by Crippen LogP contribution is -2.51. The first-order chi connectivity index (χ1) is 13.9. The Morgan fingerprint density at radius 1 is 0.897 bits per heavy atom. The van der Waals surface area contributed by atoms with E-state index >= 15 is 0 Å². The summed E-state index contributed by atoms with van der Waals surface area (Å²) in [5.74, 6) is -1.83. The topological polar surface area (TPSA) is 95.6 Å². The molecule has 1 aliphatic rings. The van der Waals surface area contributed by atoms with E-state index in [2.05, 4.69) is 10.6 Å². The van der Waals surface area contributed by atoms with E-state index in [0.29, 0.717) is 23.2 Å². The molecule has 0 spiro atoms. The van der Waals surface area contributed by atoms with Crippen LogP contribution in [0.15, 0.2) is 54.6 Å². The molecule has 1 aliphatic heterocycles. The smallest absolute Gasteiger partial charge is 0.262 e. The molecule has 1 atom stereocenters. The van der Waals surface area contributed by atoms with Gasteiger partial charge in [0.05, 0.1) is 17.7 Å². The van der Waals surface area contributed by atoms with Gasteiger partial charge in [-0.15, -0.1) is 0 Å². The van der Waals surface area contributed by atoms with E-state index in [9.17, 15) is 19.2 Å². The van der Waals surface area contributed by atoms with E-state index in [1.54, 1.807) is 48.5 Å². The second-order valence-corrected chi connectivity index (χ2v) is 7.30. The summed E-state index contributed by atoms with van der Waals surface area (Å²) in [6.07, 6.45) is 0.303. The molecule has 2 N–H and O–H groups in total. The number of hydrogen-bond acceptors (Lipinski definition) is 4. The number of carbonyl (C=O) groups is 4. The fourth-order valence-corrected chi connectivity index (χ4v) is 3.28. The van der Waals surface area contributed by atoms with Gasteiger partial charge >= 0.3 is 0 Å². The minimum atomic E-state index is -0.980. The molecule has 2 aromatic carbocycles. The summed E-state index contributed by atoms with van der Waals surface area (Å²) >= 11 is 0. The maximum Gasteiger partial charge on any atom is 0.262 e. The lowest BCUT2D eigenvalue weighted by Gasteiger charge is -2.26. The Hall–Kier alpha value is -3.48. The molecule has 150 valence electrons. The summed E-state index contributed by atoms with van der Waals surface area (Å²) in [7, 11) is 0. The molecule has 2 aromatic rings. The van der Waals surface area contributed by atoms with Gasteiger partial charge in [0.25, 0.3) is 11.8 Å². The standard InChI is InChI=1S/C22H23N3O4/c1-14(2)12-18(25-21(28)16-10-6-7-11-17(16)22(25)29)20(27)23-13-19(26)24-15-8-4-3-5-9-15/h3-11,14,18H,12-13H2,1-2H3,(H,23,27)(H,24,26). The maximum atomic E-state index is 12.8. The van der Waals surface area contributed by atoms with Crippen molar-refractivity contribution in [2.75, 3.05) is 11.9 Å². The predicted molar refractivity (Wildman–Crippen MR) is 108 cm³/mol. The third kappa shape index (κ3) is 4.51. The van der Waals surface area contributed by atoms with Crippen molar-refractivity contribution in [3.63, 3.8) is 0 Å². The second kappa shape index (κ2) is 8.68. The quantitative estimate of drug-likeness (QED) is 0.707. The summed E-state index contributed by atoms with van der Waals surface area (Å²) in [6, 6.07) is 14.4. The van der Waals surface area contributed by atoms with Crippen LogP contribution in [0, 0.1) is 5.92 Å². The minimum Gasteiger partial charge on any atom is -0.345 e. The molecule has 0 aliphatic carbocycles. The Morgan fingerprint density at radius 2 is 1.45 bits per heavy atom. The van der Waals surface area contributed by atoms with Gasteiger partial charge in [-0.3, -0.25) is 24.1 Å². The molecular weight excluding hydrogens is 370 g/mol. The molecule has 0 bridgehead atoms. The third-order valence-electron chi connectivity index (χ3n) is 4.62. The van der Waals surface area contributed by atoms with Crippen LogP contribution in [0.25, 0.3) is 0 Å². The average Bonchev–Trinajstić information content (AvgIpc) is 2.96. The Balaban J connectivity index is 1.70. The van der Waals surface area contributed by atoms with Crippen molar-refractivity contribution < 1.29 is 19.2 Å². The summed E-state index contributed by atoms with van der Waals surface area (Å²) in [4.78, 5) is 51.5. The van der Waals surface area contributed by atoms with Crippen molar-refractivity contribution in [1.29, 1.82) is 0 Å². The molecule has 1 heterocycles. The Kier molecular flexibility index (Phi) is 6.07. The van der Waals surface area contributed by atoms with E-state index in [1.165, 1.54) is 0 Å². The van der Waals surface area contributed by atoms with Crippen LogP contribution in [0.1, 0.15) is 41.0 Å². The van der Waals surface area contributed by atoms with Crippen LogP contribution in [-0.2, 0) is 9.59 Å². The van der Waals surface area contributed by atoms with Gasteiger partial charge in [-0.05, 0) is 36.6 Å². The van der Waals surface area contributed by atoms with Crippen molar-refractivity contribution in [3.05, 3.63) is 65.7 Å². The summed E-state index contributed by atoms with van der Waals surface area (Å²) in [5.41, 5.74) is 1.20. The lowest BCUT2D eigenvalue weighted by molar-refractivity contribution is -0.127. The molecule has 7 heteroatoms. The molecule has 3 rings (SSSR count). The number of para-hydroxylation sites is 1. The SMILES string of the molecule is CC(C)CC(C(=O)NCC(=O)Nc1ccccc1)N1C(=O)c2ccccc2C1=O. The second-order valence-electron chi connectivity index (χ2n) is 7.30. The predicted octanol–water partition coefficient (Wildman–Crippen LogP) is 2.45. The number of carbonyl (C=O) groups excluding carboxylic acids is 4. The van der Waals surface area contributed by atoms with Crippen LogP contribution in [0.3, 0.4) is 0 Å². The van der Waals surface area contributed by atoms with E-state index < -0.39 is 29.7 Å². The van der Waals surface area contributed by atoms with Gasteiger partial charge < -0.3 is 10.6 Å². The van der Waals surface area contributed by atoms with Crippen LogP contribution in [0.2, 0.25) is 0 Å². The van der Waals surface area contributed by atoms with Gasteiger partial charge in [-0.25, -0.2) is 0 Å². The van der Waals surface area contributed by atoms with E-state index in [1.807, 2.05) is 19.9 Å². The third-order valence-corrected chi connectivity index (χ3v) is 4.62. The molecular formula is C22H23N3O4. The number of amides is 4. The Morgan fingerprint density at radius 3 is 2.00 bits per heavy atom. The average molecular weight is 393 g/mol. The molecule has 4 amide bonds. The summed E-state index contributed by atoms with van der Waals surface area (Å²) in [5, 5.41) is 5.23. The van der Waals surface area contributed by atoms with Gasteiger partial charge in [-0.2, -0.15) is 0 Å². The van der Waals surface area contributed by atoms with Gasteiger partial charge in [0.15, 0.2) is 0 Å². The van der Waals surface area contributed by atoms with Crippen molar-refractivity contribution in [2.24, 2.45) is 5.92 Å². The number of rotatable bonds is 7. The lowest BCUT2D eigenvalue weighted by atomic mass is 10.0. The van der Waals surface area contributed by atoms with Crippen LogP contribution >= 0.6 is 0 Å². The number of benzene rings is 2. The van der Waals surface area contributed by atoms with Crippen molar-refractivity contribution in [2.45, 2.75) is 26.3 Å². The van der Waals surface area contributed by atoms with Gasteiger partial charge in [0, 0.05) is 5.69 Å². The molecule has 29 heavy (non-hydrogen) atoms. The van der Waals surface area contributed by atoms with Gasteiger partial charge in [0.2, 0.25) is 11.8 Å². The summed E-state index contributed by atoms with van der Waals surface area (Å²) < 4.78 is 0. The highest BCUT2D eigenvalue weighted by Gasteiger charge is 2.42. The first kappa shape index (κ1) is 20.3. The van der Waals surface area contributed by atoms with Crippen LogP contribution < -0.4 is 10.6 Å². The molecule has 0 saturated carbocycles. The number of nitrogens with one attached hydrogen (secondary N) is 2. The maximum absolute atomic E-state index is 12.8. The molecule has 0 fully saturated rings. The normalized spacial score (nSPS) is 14.0. The minimum absolute atomic E-state index is 0.0632. The number of imide groups is 1. The zero-order valence-electron chi connectivity index (χ0n) is 16.3. The van der Waals surface area contributed by atoms with Crippen molar-refractivity contribution >= 4 is 29.3 Å². The van der Waals surface area contributed by atoms with Gasteiger partial charge in [-0.1, -0.05) is 44.2 Å².